The maximum absolute atomic E-state index is 3.86. The van der Waals surface area contributed by atoms with Gasteiger partial charge in [0.2, 0.25) is 0 Å². The van der Waals surface area contributed by atoms with Crippen LogP contribution in [0.15, 0.2) is 24.3 Å². The van der Waals surface area contributed by atoms with E-state index in [-0.39, 0.29) is 0 Å². The van der Waals surface area contributed by atoms with Crippen molar-refractivity contribution in [2.75, 3.05) is 11.5 Å². The quantitative estimate of drug-likeness (QED) is 0.699. The van der Waals surface area contributed by atoms with Gasteiger partial charge >= 0.3 is 0 Å². The molecule has 1 aliphatic rings. The van der Waals surface area contributed by atoms with Crippen LogP contribution in [0.25, 0.3) is 0 Å². The molecule has 1 aromatic carbocycles. The van der Waals surface area contributed by atoms with E-state index in [0.29, 0.717) is 12.1 Å². The monoisotopic (exact) mass is 277 g/mol. The van der Waals surface area contributed by atoms with Crippen molar-refractivity contribution < 1.29 is 0 Å². The zero-order valence-electron chi connectivity index (χ0n) is 12.5. The zero-order valence-corrected chi connectivity index (χ0v) is 13.3. The SMILES string of the molecule is CCSCCC(C)NC(c1ccc(C)cc1)C1CC1. The van der Waals surface area contributed by atoms with Crippen molar-refractivity contribution in [1.29, 1.82) is 0 Å². The van der Waals surface area contributed by atoms with E-state index in [4.69, 9.17) is 0 Å². The Morgan fingerprint density at radius 1 is 1.26 bits per heavy atom. The predicted octanol–water partition coefficient (Wildman–Crippen LogP) is 4.57. The fraction of sp³-hybridized carbons (Fsp3) is 0.647. The largest absolute Gasteiger partial charge is 0.307 e. The van der Waals surface area contributed by atoms with Crippen LogP contribution in [0.1, 0.15) is 50.3 Å². The van der Waals surface area contributed by atoms with Crippen molar-refractivity contribution in [2.24, 2.45) is 5.92 Å². The third-order valence-electron chi connectivity index (χ3n) is 3.89. The number of benzene rings is 1. The standard InChI is InChI=1S/C17H27NS/c1-4-19-12-11-14(3)18-17(16-9-10-16)15-7-5-13(2)6-8-15/h5-8,14,16-18H,4,9-12H2,1-3H3. The minimum absolute atomic E-state index is 0.572. The van der Waals surface area contributed by atoms with Crippen LogP contribution in [0.3, 0.4) is 0 Å². The summed E-state index contributed by atoms with van der Waals surface area (Å²) < 4.78 is 0. The van der Waals surface area contributed by atoms with Crippen molar-refractivity contribution in [2.45, 2.75) is 52.1 Å². The first kappa shape index (κ1) is 14.9. The Morgan fingerprint density at radius 3 is 2.53 bits per heavy atom. The Balaban J connectivity index is 1.91. The van der Waals surface area contributed by atoms with Gasteiger partial charge in [-0.15, -0.1) is 0 Å². The summed E-state index contributed by atoms with van der Waals surface area (Å²) >= 11 is 2.05. The van der Waals surface area contributed by atoms with E-state index in [1.807, 2.05) is 11.8 Å². The van der Waals surface area contributed by atoms with Gasteiger partial charge in [0.05, 0.1) is 0 Å². The molecule has 0 aromatic heterocycles. The van der Waals surface area contributed by atoms with Gasteiger partial charge in [-0.25, -0.2) is 0 Å². The minimum Gasteiger partial charge on any atom is -0.307 e. The fourth-order valence-electron chi connectivity index (χ4n) is 2.50. The van der Waals surface area contributed by atoms with Gasteiger partial charge in [-0.05, 0) is 56.1 Å². The Labute approximate surface area is 122 Å². The molecule has 19 heavy (non-hydrogen) atoms. The molecule has 106 valence electrons. The number of rotatable bonds is 8. The van der Waals surface area contributed by atoms with Crippen molar-refractivity contribution >= 4 is 11.8 Å². The molecule has 0 aliphatic heterocycles. The molecule has 0 radical (unpaired) electrons. The lowest BCUT2D eigenvalue weighted by Crippen LogP contribution is -2.32. The first-order chi connectivity index (χ1) is 9.20. The van der Waals surface area contributed by atoms with Gasteiger partial charge in [-0.2, -0.15) is 11.8 Å². The van der Waals surface area contributed by atoms with Crippen molar-refractivity contribution in [3.05, 3.63) is 35.4 Å². The van der Waals surface area contributed by atoms with Gasteiger partial charge in [-0.1, -0.05) is 36.8 Å². The smallest absolute Gasteiger partial charge is 0.0350 e. The maximum atomic E-state index is 3.86. The highest BCUT2D eigenvalue weighted by molar-refractivity contribution is 7.99. The van der Waals surface area contributed by atoms with Crippen LogP contribution in [0.2, 0.25) is 0 Å². The third-order valence-corrected chi connectivity index (χ3v) is 4.83. The second-order valence-electron chi connectivity index (χ2n) is 5.78. The molecule has 2 atom stereocenters. The lowest BCUT2D eigenvalue weighted by molar-refractivity contribution is 0.413. The number of hydrogen-bond donors (Lipinski definition) is 1. The minimum atomic E-state index is 0.572. The summed E-state index contributed by atoms with van der Waals surface area (Å²) in [5.41, 5.74) is 2.83. The molecule has 0 heterocycles. The molecule has 0 bridgehead atoms. The summed E-state index contributed by atoms with van der Waals surface area (Å²) in [4.78, 5) is 0. The summed E-state index contributed by atoms with van der Waals surface area (Å²) in [7, 11) is 0. The van der Waals surface area contributed by atoms with Crippen LogP contribution in [0, 0.1) is 12.8 Å². The van der Waals surface area contributed by atoms with Crippen molar-refractivity contribution in [3.8, 4) is 0 Å². The average molecular weight is 277 g/mol. The molecule has 1 N–H and O–H groups in total. The van der Waals surface area contributed by atoms with Crippen LogP contribution < -0.4 is 5.32 Å². The lowest BCUT2D eigenvalue weighted by Gasteiger charge is -2.24. The van der Waals surface area contributed by atoms with Crippen LogP contribution in [0.5, 0.6) is 0 Å². The molecule has 1 saturated carbocycles. The predicted molar refractivity (Wildman–Crippen MR) is 86.9 cm³/mol. The second-order valence-corrected chi connectivity index (χ2v) is 7.17. The molecular formula is C17H27NS. The van der Waals surface area contributed by atoms with Crippen LogP contribution in [0.4, 0.5) is 0 Å². The van der Waals surface area contributed by atoms with E-state index >= 15 is 0 Å². The van der Waals surface area contributed by atoms with Crippen molar-refractivity contribution in [3.63, 3.8) is 0 Å². The van der Waals surface area contributed by atoms with Crippen LogP contribution in [-0.2, 0) is 0 Å². The highest BCUT2D eigenvalue weighted by atomic mass is 32.2. The lowest BCUT2D eigenvalue weighted by atomic mass is 10.00. The highest BCUT2D eigenvalue weighted by Crippen LogP contribution is 2.41. The van der Waals surface area contributed by atoms with E-state index in [2.05, 4.69) is 50.4 Å². The Kier molecular flexibility index (Phi) is 5.77. The molecule has 2 unspecified atom stereocenters. The van der Waals surface area contributed by atoms with Crippen LogP contribution >= 0.6 is 11.8 Å². The molecule has 1 aromatic rings. The third kappa shape index (κ3) is 4.85. The van der Waals surface area contributed by atoms with E-state index in [0.717, 1.165) is 5.92 Å². The number of nitrogens with one attached hydrogen (secondary N) is 1. The van der Waals surface area contributed by atoms with Gasteiger partial charge in [0.15, 0.2) is 0 Å². The molecule has 1 aliphatic carbocycles. The van der Waals surface area contributed by atoms with E-state index < -0.39 is 0 Å². The average Bonchev–Trinajstić information content (AvgIpc) is 3.22. The number of hydrogen-bond acceptors (Lipinski definition) is 2. The second kappa shape index (κ2) is 7.35. The Hall–Kier alpha value is -0.470. The summed E-state index contributed by atoms with van der Waals surface area (Å²) in [6.07, 6.45) is 4.05. The van der Waals surface area contributed by atoms with Gasteiger partial charge in [0.25, 0.3) is 0 Å². The summed E-state index contributed by atoms with van der Waals surface area (Å²) in [5.74, 6) is 3.37. The number of thioether (sulfide) groups is 1. The molecule has 0 amide bonds. The molecule has 2 rings (SSSR count). The molecule has 0 saturated heterocycles. The van der Waals surface area contributed by atoms with Crippen molar-refractivity contribution in [1.82, 2.24) is 5.32 Å². The Bertz CT molecular complexity index is 369. The van der Waals surface area contributed by atoms with Gasteiger partial charge in [0.1, 0.15) is 0 Å². The van der Waals surface area contributed by atoms with Crippen LogP contribution in [-0.4, -0.2) is 17.5 Å². The summed E-state index contributed by atoms with van der Waals surface area (Å²) in [6.45, 7) is 6.73. The number of aryl methyl sites for hydroxylation is 1. The van der Waals surface area contributed by atoms with E-state index in [9.17, 15) is 0 Å². The fourth-order valence-corrected chi connectivity index (χ4v) is 3.31. The zero-order chi connectivity index (χ0) is 13.7. The molecule has 0 spiro atoms. The molecule has 1 nitrogen and oxygen atoms in total. The van der Waals surface area contributed by atoms with E-state index in [1.54, 1.807) is 0 Å². The Morgan fingerprint density at radius 2 is 1.95 bits per heavy atom. The van der Waals surface area contributed by atoms with Gasteiger partial charge < -0.3 is 5.32 Å². The van der Waals surface area contributed by atoms with Gasteiger partial charge in [0, 0.05) is 12.1 Å². The molecular weight excluding hydrogens is 250 g/mol. The molecule has 1 fully saturated rings. The van der Waals surface area contributed by atoms with Gasteiger partial charge in [-0.3, -0.25) is 0 Å². The topological polar surface area (TPSA) is 12.0 Å². The highest BCUT2D eigenvalue weighted by Gasteiger charge is 2.32. The van der Waals surface area contributed by atoms with E-state index in [1.165, 1.54) is 41.9 Å². The first-order valence-corrected chi connectivity index (χ1v) is 8.76. The maximum Gasteiger partial charge on any atom is 0.0350 e. The normalized spacial score (nSPS) is 18.3. The summed E-state index contributed by atoms with van der Waals surface area (Å²) in [5, 5.41) is 3.86. The molecule has 2 heteroatoms. The summed E-state index contributed by atoms with van der Waals surface area (Å²) in [6, 6.07) is 10.3. The first-order valence-electron chi connectivity index (χ1n) is 7.61.